The predicted molar refractivity (Wildman–Crippen MR) is 193 cm³/mol. The molecule has 11 nitrogen and oxygen atoms in total. The number of nitrogen functional groups attached to an aromatic ring is 1. The first-order valence-electron chi connectivity index (χ1n) is 17.0. The maximum absolute atomic E-state index is 13.8. The van der Waals surface area contributed by atoms with Crippen LogP contribution in [0, 0.1) is 11.3 Å². The minimum absolute atomic E-state index is 0.0906. The molecule has 6 rings (SSSR count). The van der Waals surface area contributed by atoms with E-state index in [1.165, 1.54) is 0 Å². The van der Waals surface area contributed by atoms with Crippen LogP contribution in [0.15, 0.2) is 60.7 Å². The van der Waals surface area contributed by atoms with Crippen LogP contribution in [0.1, 0.15) is 55.9 Å². The van der Waals surface area contributed by atoms with Crippen molar-refractivity contribution in [1.82, 2.24) is 10.6 Å². The summed E-state index contributed by atoms with van der Waals surface area (Å²) >= 11 is 1.58. The summed E-state index contributed by atoms with van der Waals surface area (Å²) < 4.78 is 23.9. The summed E-state index contributed by atoms with van der Waals surface area (Å²) in [6.07, 6.45) is 2.74. The van der Waals surface area contributed by atoms with Crippen molar-refractivity contribution in [2.45, 2.75) is 57.9 Å². The molecule has 1 unspecified atom stereocenters. The Hall–Kier alpha value is -4.10. The van der Waals surface area contributed by atoms with E-state index in [2.05, 4.69) is 28.1 Å². The molecule has 0 radical (unpaired) electrons. The second-order valence-electron chi connectivity index (χ2n) is 14.1. The maximum Gasteiger partial charge on any atom is 0.246 e. The average Bonchev–Trinajstić information content (AvgIpc) is 3.44. The topological polar surface area (TPSA) is 150 Å². The van der Waals surface area contributed by atoms with Gasteiger partial charge in [0.15, 0.2) is 5.60 Å². The van der Waals surface area contributed by atoms with E-state index < -0.39 is 23.6 Å². The summed E-state index contributed by atoms with van der Waals surface area (Å²) in [5.41, 5.74) is 10.0. The van der Waals surface area contributed by atoms with Crippen molar-refractivity contribution in [2.24, 2.45) is 11.3 Å². The highest BCUT2D eigenvalue weighted by Gasteiger charge is 2.49. The molecule has 3 heterocycles. The first-order valence-corrected chi connectivity index (χ1v) is 18.4. The Morgan fingerprint density at radius 2 is 1.68 bits per heavy atom. The van der Waals surface area contributed by atoms with E-state index in [9.17, 15) is 14.4 Å². The maximum atomic E-state index is 13.8. The lowest BCUT2D eigenvalue weighted by Gasteiger charge is -2.37. The Morgan fingerprint density at radius 3 is 2.40 bits per heavy atom. The fraction of sp³-hybridized carbons (Fsp3) is 0.447. The summed E-state index contributed by atoms with van der Waals surface area (Å²) in [5.74, 6) is 0.685. The number of ether oxygens (including phenoxy) is 4. The highest BCUT2D eigenvalue weighted by atomic mass is 32.2. The van der Waals surface area contributed by atoms with Gasteiger partial charge in [0.1, 0.15) is 30.2 Å². The molecule has 1 saturated heterocycles. The molecule has 3 atom stereocenters. The van der Waals surface area contributed by atoms with Gasteiger partial charge in [0.05, 0.1) is 26.4 Å². The van der Waals surface area contributed by atoms with Gasteiger partial charge in [-0.3, -0.25) is 14.4 Å². The highest BCUT2D eigenvalue weighted by molar-refractivity contribution is 7.98. The number of carbonyl (C=O) groups excluding carboxylic acids is 3. The summed E-state index contributed by atoms with van der Waals surface area (Å²) in [7, 11) is 0. The molecule has 3 amide bonds. The fourth-order valence-corrected chi connectivity index (χ4v) is 7.19. The summed E-state index contributed by atoms with van der Waals surface area (Å²) in [5, 5.41) is 8.72. The molecular weight excluding hydrogens is 657 g/mol. The van der Waals surface area contributed by atoms with Gasteiger partial charge in [-0.25, -0.2) is 0 Å². The van der Waals surface area contributed by atoms with E-state index in [4.69, 9.17) is 24.7 Å². The zero-order chi connectivity index (χ0) is 35.5. The van der Waals surface area contributed by atoms with Crippen molar-refractivity contribution >= 4 is 40.9 Å². The second kappa shape index (κ2) is 15.0. The molecule has 50 heavy (non-hydrogen) atoms. The Balaban J connectivity index is 1.18. The minimum atomic E-state index is -0.894. The van der Waals surface area contributed by atoms with Crippen LogP contribution in [0.3, 0.4) is 0 Å². The number of thioether (sulfide) groups is 1. The second-order valence-corrected chi connectivity index (χ2v) is 15.1. The molecule has 3 aromatic rings. The zero-order valence-corrected chi connectivity index (χ0v) is 29.8. The summed E-state index contributed by atoms with van der Waals surface area (Å²) in [4.78, 5) is 40.2. The molecule has 3 aliphatic rings. The molecule has 1 fully saturated rings. The van der Waals surface area contributed by atoms with E-state index in [-0.39, 0.29) is 29.8 Å². The van der Waals surface area contributed by atoms with Crippen molar-refractivity contribution in [3.8, 4) is 11.5 Å². The highest BCUT2D eigenvalue weighted by Crippen LogP contribution is 2.56. The van der Waals surface area contributed by atoms with Gasteiger partial charge in [-0.1, -0.05) is 45.0 Å². The zero-order valence-electron chi connectivity index (χ0n) is 29.0. The first kappa shape index (κ1) is 35.7. The fourth-order valence-electron chi connectivity index (χ4n) is 6.72. The number of benzene rings is 3. The van der Waals surface area contributed by atoms with Gasteiger partial charge in [-0.15, -0.1) is 0 Å². The predicted octanol–water partition coefficient (Wildman–Crippen LogP) is 4.96. The number of amides is 3. The van der Waals surface area contributed by atoms with Crippen molar-refractivity contribution in [2.75, 3.05) is 49.5 Å². The number of nitrogens with two attached hydrogens (primary N) is 1. The molecule has 3 aliphatic heterocycles. The Kier molecular flexibility index (Phi) is 10.7. The van der Waals surface area contributed by atoms with E-state index >= 15 is 0 Å². The lowest BCUT2D eigenvalue weighted by atomic mass is 9.77. The smallest absolute Gasteiger partial charge is 0.246 e. The summed E-state index contributed by atoms with van der Waals surface area (Å²) in [6, 6.07) is 17.5. The summed E-state index contributed by atoms with van der Waals surface area (Å²) in [6.45, 7) is 7.85. The van der Waals surface area contributed by atoms with E-state index in [1.54, 1.807) is 23.9 Å². The largest absolute Gasteiger partial charge is 0.456 e. The Labute approximate surface area is 297 Å². The van der Waals surface area contributed by atoms with Gasteiger partial charge in [-0.05, 0) is 66.2 Å². The monoisotopic (exact) mass is 702 g/mol. The van der Waals surface area contributed by atoms with Crippen LogP contribution in [-0.4, -0.2) is 68.2 Å². The van der Waals surface area contributed by atoms with Crippen LogP contribution in [0.4, 0.5) is 11.4 Å². The first-order chi connectivity index (χ1) is 24.0. The Bertz CT molecular complexity index is 1750. The number of anilines is 2. The third-order valence-electron chi connectivity index (χ3n) is 9.26. The third kappa shape index (κ3) is 7.48. The van der Waals surface area contributed by atoms with Crippen LogP contribution < -0.4 is 26.4 Å². The lowest BCUT2D eigenvalue weighted by molar-refractivity contribution is -0.147. The molecule has 1 spiro atoms. The molecule has 0 aliphatic carbocycles. The van der Waals surface area contributed by atoms with Crippen molar-refractivity contribution < 1.29 is 33.3 Å². The standard InChI is InChI=1S/C38H46N4O7S/c1-23(2)15-31(41-34(43)19-46-20-37(3)21-47-22-37)36(45)42-30(13-14-50-4)35(44)40-26-10-12-29-33(17-26)49-32-16-25(39)9-11-28(32)38(29)27-8-6-5-7-24(27)18-48-38/h5-12,16-17,23,30-31H,13-15,18-22,39H2,1-4H3,(H,40,44)(H,41,43)(H,42,45)/t30-,31-,38?/m0/s1. The molecule has 0 bridgehead atoms. The van der Waals surface area contributed by atoms with Crippen molar-refractivity contribution in [3.05, 3.63) is 82.9 Å². The van der Waals surface area contributed by atoms with E-state index in [1.807, 2.05) is 63.4 Å². The van der Waals surface area contributed by atoms with Crippen LogP contribution in [0.2, 0.25) is 0 Å². The molecule has 3 aromatic carbocycles. The third-order valence-corrected chi connectivity index (χ3v) is 9.91. The average molecular weight is 703 g/mol. The lowest BCUT2D eigenvalue weighted by Crippen LogP contribution is -2.53. The number of hydrogen-bond donors (Lipinski definition) is 4. The van der Waals surface area contributed by atoms with Crippen LogP contribution >= 0.6 is 11.8 Å². The molecule has 0 saturated carbocycles. The van der Waals surface area contributed by atoms with Gasteiger partial charge in [0, 0.05) is 40.0 Å². The normalized spacial score (nSPS) is 19.3. The van der Waals surface area contributed by atoms with E-state index in [0.29, 0.717) is 67.9 Å². The number of hydrogen-bond acceptors (Lipinski definition) is 9. The SMILES string of the molecule is CSCC[C@H](NC(=O)[C@H](CC(C)C)NC(=O)COCC1(C)COC1)C(=O)Nc1ccc2c(c1)Oc1cc(N)ccc1C21OCc2ccccc21. The quantitative estimate of drug-likeness (QED) is 0.171. The minimum Gasteiger partial charge on any atom is -0.456 e. The van der Waals surface area contributed by atoms with Crippen LogP contribution in [-0.2, 0) is 40.8 Å². The number of fused-ring (bicyclic) bond motifs is 6. The van der Waals surface area contributed by atoms with Gasteiger partial charge in [0.2, 0.25) is 17.7 Å². The van der Waals surface area contributed by atoms with Gasteiger partial charge >= 0.3 is 0 Å². The number of rotatable bonds is 14. The molecular formula is C38H46N4O7S. The van der Waals surface area contributed by atoms with Crippen LogP contribution in [0.5, 0.6) is 11.5 Å². The Morgan fingerprint density at radius 1 is 0.940 bits per heavy atom. The van der Waals surface area contributed by atoms with E-state index in [0.717, 1.165) is 22.3 Å². The van der Waals surface area contributed by atoms with Gasteiger partial charge in [-0.2, -0.15) is 11.8 Å². The number of carbonyl (C=O) groups is 3. The molecule has 12 heteroatoms. The van der Waals surface area contributed by atoms with Gasteiger partial charge in [0.25, 0.3) is 0 Å². The van der Waals surface area contributed by atoms with Crippen LogP contribution in [0.25, 0.3) is 0 Å². The molecule has 5 N–H and O–H groups in total. The van der Waals surface area contributed by atoms with Crippen molar-refractivity contribution in [3.63, 3.8) is 0 Å². The van der Waals surface area contributed by atoms with Gasteiger partial charge < -0.3 is 40.6 Å². The number of nitrogens with one attached hydrogen (secondary N) is 3. The molecule has 266 valence electrons. The molecule has 0 aromatic heterocycles. The van der Waals surface area contributed by atoms with Crippen molar-refractivity contribution in [1.29, 1.82) is 0 Å².